The molecule has 4 heteroatoms. The standard InChI is InChI=1S/C16H23NO3/c1-12-10-17(11-13(2)20-12)16(18)9-6-14-4-7-15(19-3)8-5-14/h4-5,7-8,12-13H,6,9-11H2,1-3H3/t12-,13-/m0/s1. The lowest BCUT2D eigenvalue weighted by Gasteiger charge is -2.35. The molecule has 1 aromatic rings. The molecule has 0 bridgehead atoms. The second-order valence-corrected chi connectivity index (χ2v) is 5.40. The Morgan fingerprint density at radius 1 is 1.25 bits per heavy atom. The van der Waals surface area contributed by atoms with Gasteiger partial charge in [0.2, 0.25) is 5.91 Å². The fraction of sp³-hybridized carbons (Fsp3) is 0.562. The van der Waals surface area contributed by atoms with Crippen molar-refractivity contribution in [2.75, 3.05) is 20.2 Å². The maximum Gasteiger partial charge on any atom is 0.223 e. The van der Waals surface area contributed by atoms with Gasteiger partial charge < -0.3 is 14.4 Å². The smallest absolute Gasteiger partial charge is 0.223 e. The Balaban J connectivity index is 1.84. The molecule has 4 nitrogen and oxygen atoms in total. The van der Waals surface area contributed by atoms with Crippen LogP contribution in [0.3, 0.4) is 0 Å². The first-order valence-corrected chi connectivity index (χ1v) is 7.14. The molecule has 0 radical (unpaired) electrons. The Hall–Kier alpha value is -1.55. The van der Waals surface area contributed by atoms with E-state index in [0.29, 0.717) is 19.5 Å². The van der Waals surface area contributed by atoms with Crippen LogP contribution >= 0.6 is 0 Å². The van der Waals surface area contributed by atoms with Crippen LogP contribution in [0, 0.1) is 0 Å². The monoisotopic (exact) mass is 277 g/mol. The molecule has 20 heavy (non-hydrogen) atoms. The van der Waals surface area contributed by atoms with Crippen LogP contribution in [0.5, 0.6) is 5.75 Å². The number of hydrogen-bond acceptors (Lipinski definition) is 3. The molecule has 1 amide bonds. The maximum absolute atomic E-state index is 12.2. The average Bonchev–Trinajstić information content (AvgIpc) is 2.44. The molecule has 1 fully saturated rings. The quantitative estimate of drug-likeness (QED) is 0.847. The second kappa shape index (κ2) is 6.75. The number of carbonyl (C=O) groups excluding carboxylic acids is 1. The van der Waals surface area contributed by atoms with E-state index in [0.717, 1.165) is 17.7 Å². The predicted molar refractivity (Wildman–Crippen MR) is 77.9 cm³/mol. The van der Waals surface area contributed by atoms with Crippen molar-refractivity contribution in [3.8, 4) is 5.75 Å². The molecule has 0 aromatic heterocycles. The summed E-state index contributed by atoms with van der Waals surface area (Å²) in [6, 6.07) is 7.88. The van der Waals surface area contributed by atoms with Crippen molar-refractivity contribution in [2.24, 2.45) is 0 Å². The summed E-state index contributed by atoms with van der Waals surface area (Å²) < 4.78 is 10.8. The average molecular weight is 277 g/mol. The number of methoxy groups -OCH3 is 1. The number of morpholine rings is 1. The number of amides is 1. The van der Waals surface area contributed by atoms with Gasteiger partial charge in [0.25, 0.3) is 0 Å². The third-order valence-electron chi connectivity index (χ3n) is 3.56. The van der Waals surface area contributed by atoms with E-state index in [1.165, 1.54) is 0 Å². The van der Waals surface area contributed by atoms with Crippen LogP contribution in [0.2, 0.25) is 0 Å². The Morgan fingerprint density at radius 2 is 1.85 bits per heavy atom. The fourth-order valence-electron chi connectivity index (χ4n) is 2.58. The summed E-state index contributed by atoms with van der Waals surface area (Å²) in [4.78, 5) is 14.2. The second-order valence-electron chi connectivity index (χ2n) is 5.40. The van der Waals surface area contributed by atoms with E-state index in [1.807, 2.05) is 43.0 Å². The lowest BCUT2D eigenvalue weighted by molar-refractivity contribution is -0.143. The van der Waals surface area contributed by atoms with Gasteiger partial charge in [0.05, 0.1) is 19.3 Å². The third kappa shape index (κ3) is 3.97. The van der Waals surface area contributed by atoms with E-state index in [9.17, 15) is 4.79 Å². The van der Waals surface area contributed by atoms with Crippen LogP contribution in [0.25, 0.3) is 0 Å². The van der Waals surface area contributed by atoms with E-state index >= 15 is 0 Å². The van der Waals surface area contributed by atoms with Crippen LogP contribution in [0.1, 0.15) is 25.8 Å². The van der Waals surface area contributed by atoms with Crippen molar-refractivity contribution < 1.29 is 14.3 Å². The summed E-state index contributed by atoms with van der Waals surface area (Å²) in [5.74, 6) is 1.05. The Kier molecular flexibility index (Phi) is 5.01. The van der Waals surface area contributed by atoms with Gasteiger partial charge in [0, 0.05) is 19.5 Å². The molecule has 0 unspecified atom stereocenters. The minimum Gasteiger partial charge on any atom is -0.497 e. The first-order valence-electron chi connectivity index (χ1n) is 7.14. The lowest BCUT2D eigenvalue weighted by Crippen LogP contribution is -2.48. The minimum atomic E-state index is 0.128. The van der Waals surface area contributed by atoms with Crippen LogP contribution in [-0.2, 0) is 16.0 Å². The van der Waals surface area contributed by atoms with Gasteiger partial charge in [-0.2, -0.15) is 0 Å². The topological polar surface area (TPSA) is 38.8 Å². The Bertz CT molecular complexity index is 434. The number of aryl methyl sites for hydroxylation is 1. The summed E-state index contributed by atoms with van der Waals surface area (Å²) in [5, 5.41) is 0. The zero-order valence-electron chi connectivity index (χ0n) is 12.5. The molecule has 110 valence electrons. The zero-order chi connectivity index (χ0) is 14.5. The molecular weight excluding hydrogens is 254 g/mol. The van der Waals surface area contributed by atoms with Crippen LogP contribution in [0.4, 0.5) is 0 Å². The summed E-state index contributed by atoms with van der Waals surface area (Å²) in [6.07, 6.45) is 1.57. The van der Waals surface area contributed by atoms with Gasteiger partial charge in [-0.1, -0.05) is 12.1 Å². The molecule has 0 N–H and O–H groups in total. The lowest BCUT2D eigenvalue weighted by atomic mass is 10.1. The summed E-state index contributed by atoms with van der Waals surface area (Å²) in [6.45, 7) is 5.43. The molecule has 0 spiro atoms. The number of benzene rings is 1. The highest BCUT2D eigenvalue weighted by molar-refractivity contribution is 5.76. The highest BCUT2D eigenvalue weighted by Crippen LogP contribution is 2.15. The highest BCUT2D eigenvalue weighted by atomic mass is 16.5. The number of rotatable bonds is 4. The van der Waals surface area contributed by atoms with Gasteiger partial charge in [0.1, 0.15) is 5.75 Å². The summed E-state index contributed by atoms with van der Waals surface area (Å²) >= 11 is 0. The molecule has 2 rings (SSSR count). The van der Waals surface area contributed by atoms with Gasteiger partial charge in [0.15, 0.2) is 0 Å². The van der Waals surface area contributed by atoms with Gasteiger partial charge in [-0.15, -0.1) is 0 Å². The normalized spacial score (nSPS) is 22.6. The van der Waals surface area contributed by atoms with Crippen LogP contribution in [0.15, 0.2) is 24.3 Å². The van der Waals surface area contributed by atoms with Gasteiger partial charge >= 0.3 is 0 Å². The molecule has 1 aliphatic rings. The third-order valence-corrected chi connectivity index (χ3v) is 3.56. The number of ether oxygens (including phenoxy) is 2. The highest BCUT2D eigenvalue weighted by Gasteiger charge is 2.25. The predicted octanol–water partition coefficient (Wildman–Crippen LogP) is 2.26. The van der Waals surface area contributed by atoms with E-state index in [4.69, 9.17) is 9.47 Å². The van der Waals surface area contributed by atoms with Crippen molar-refractivity contribution in [3.05, 3.63) is 29.8 Å². The van der Waals surface area contributed by atoms with Gasteiger partial charge in [-0.3, -0.25) is 4.79 Å². The molecule has 2 atom stereocenters. The first kappa shape index (κ1) is 14.9. The maximum atomic E-state index is 12.2. The summed E-state index contributed by atoms with van der Waals surface area (Å²) in [5.41, 5.74) is 1.16. The summed E-state index contributed by atoms with van der Waals surface area (Å²) in [7, 11) is 1.65. The van der Waals surface area contributed by atoms with Crippen molar-refractivity contribution in [1.82, 2.24) is 4.90 Å². The number of nitrogens with zero attached hydrogens (tertiary/aromatic N) is 1. The molecule has 0 aliphatic carbocycles. The number of carbonyl (C=O) groups is 1. The molecule has 1 saturated heterocycles. The molecular formula is C16H23NO3. The fourth-order valence-corrected chi connectivity index (χ4v) is 2.58. The molecule has 0 saturated carbocycles. The van der Waals surface area contributed by atoms with Crippen molar-refractivity contribution in [3.63, 3.8) is 0 Å². The number of hydrogen-bond donors (Lipinski definition) is 0. The van der Waals surface area contributed by atoms with Gasteiger partial charge in [-0.25, -0.2) is 0 Å². The van der Waals surface area contributed by atoms with E-state index in [1.54, 1.807) is 7.11 Å². The van der Waals surface area contributed by atoms with E-state index < -0.39 is 0 Å². The largest absolute Gasteiger partial charge is 0.497 e. The van der Waals surface area contributed by atoms with Crippen LogP contribution in [-0.4, -0.2) is 43.2 Å². The van der Waals surface area contributed by atoms with Crippen molar-refractivity contribution >= 4 is 5.91 Å². The van der Waals surface area contributed by atoms with Gasteiger partial charge in [-0.05, 0) is 38.0 Å². The van der Waals surface area contributed by atoms with Crippen LogP contribution < -0.4 is 4.74 Å². The Labute approximate surface area is 120 Å². The molecule has 1 aromatic carbocycles. The van der Waals surface area contributed by atoms with E-state index in [-0.39, 0.29) is 18.1 Å². The first-order chi connectivity index (χ1) is 9.58. The molecule has 1 heterocycles. The zero-order valence-corrected chi connectivity index (χ0v) is 12.5. The SMILES string of the molecule is COc1ccc(CCC(=O)N2C[C@H](C)O[C@@H](C)C2)cc1. The molecule has 1 aliphatic heterocycles. The van der Waals surface area contributed by atoms with E-state index in [2.05, 4.69) is 0 Å². The Morgan fingerprint density at radius 3 is 2.40 bits per heavy atom. The minimum absolute atomic E-state index is 0.128. The van der Waals surface area contributed by atoms with Crippen molar-refractivity contribution in [2.45, 2.75) is 38.9 Å². The van der Waals surface area contributed by atoms with Crippen molar-refractivity contribution in [1.29, 1.82) is 0 Å².